The molecule has 0 aromatic rings. The molecular weight excluding hydrogens is 200 g/mol. The highest BCUT2D eigenvalue weighted by atomic mass is 16.6. The van der Waals surface area contributed by atoms with Crippen molar-refractivity contribution in [3.63, 3.8) is 0 Å². The second-order valence-electron chi connectivity index (χ2n) is 2.77. The molecule has 0 aliphatic carbocycles. The van der Waals surface area contributed by atoms with Crippen LogP contribution in [0.2, 0.25) is 0 Å². The third kappa shape index (κ3) is 9.11. The van der Waals surface area contributed by atoms with E-state index in [1.54, 1.807) is 6.92 Å². The van der Waals surface area contributed by atoms with Crippen LogP contribution in [0.5, 0.6) is 0 Å². The quantitative estimate of drug-likeness (QED) is 0.241. The highest BCUT2D eigenvalue weighted by molar-refractivity contribution is 5.86. The van der Waals surface area contributed by atoms with Gasteiger partial charge in [-0.15, -0.1) is 0 Å². The summed E-state index contributed by atoms with van der Waals surface area (Å²) in [6, 6.07) is 0. The van der Waals surface area contributed by atoms with Gasteiger partial charge < -0.3 is 19.0 Å². The minimum Gasteiger partial charge on any atom is -0.460 e. The van der Waals surface area contributed by atoms with E-state index in [-0.39, 0.29) is 13.2 Å². The van der Waals surface area contributed by atoms with Crippen LogP contribution in [0, 0.1) is 0 Å². The van der Waals surface area contributed by atoms with Crippen molar-refractivity contribution < 1.29 is 23.8 Å². The number of carbonyl (C=O) groups is 2. The molecule has 5 nitrogen and oxygen atoms in total. The Morgan fingerprint density at radius 1 is 1.20 bits per heavy atom. The van der Waals surface area contributed by atoms with E-state index >= 15 is 0 Å². The van der Waals surface area contributed by atoms with Gasteiger partial charge in [0.1, 0.15) is 19.5 Å². The summed E-state index contributed by atoms with van der Waals surface area (Å²) in [6.07, 6.45) is 0.675. The molecule has 0 saturated carbocycles. The van der Waals surface area contributed by atoms with Gasteiger partial charge in [-0.05, 0) is 6.92 Å². The number of rotatable bonds is 9. The fourth-order valence-electron chi connectivity index (χ4n) is 0.668. The van der Waals surface area contributed by atoms with Crippen LogP contribution in [0.4, 0.5) is 0 Å². The Hall–Kier alpha value is -1.20. The lowest BCUT2D eigenvalue weighted by molar-refractivity contribution is -0.140. The molecule has 0 radical (unpaired) electrons. The summed E-state index contributed by atoms with van der Waals surface area (Å²) in [7, 11) is 0. The minimum atomic E-state index is -0.421. The van der Waals surface area contributed by atoms with Gasteiger partial charge >= 0.3 is 5.97 Å². The first-order valence-electron chi connectivity index (χ1n) is 4.60. The molecule has 0 aliphatic rings. The van der Waals surface area contributed by atoms with E-state index in [0.29, 0.717) is 31.7 Å². The molecule has 0 aromatic carbocycles. The molecule has 86 valence electrons. The fourth-order valence-corrected chi connectivity index (χ4v) is 0.668. The van der Waals surface area contributed by atoms with Crippen LogP contribution in [0.1, 0.15) is 6.92 Å². The van der Waals surface area contributed by atoms with Crippen LogP contribution in [-0.2, 0) is 23.8 Å². The lowest BCUT2D eigenvalue weighted by atomic mass is 10.4. The van der Waals surface area contributed by atoms with Crippen molar-refractivity contribution in [1.29, 1.82) is 0 Å². The largest absolute Gasteiger partial charge is 0.460 e. The molecule has 0 aliphatic heterocycles. The Kier molecular flexibility index (Phi) is 8.61. The highest BCUT2D eigenvalue weighted by Crippen LogP contribution is 1.91. The summed E-state index contributed by atoms with van der Waals surface area (Å²) in [5.74, 6) is -0.421. The SMILES string of the molecule is C=C(C)C(=O)OCCOCCOCC=O. The van der Waals surface area contributed by atoms with Gasteiger partial charge in [0, 0.05) is 5.57 Å². The van der Waals surface area contributed by atoms with Gasteiger partial charge in [0.15, 0.2) is 0 Å². The van der Waals surface area contributed by atoms with Crippen molar-refractivity contribution in [2.24, 2.45) is 0 Å². The first kappa shape index (κ1) is 13.8. The van der Waals surface area contributed by atoms with Crippen LogP contribution < -0.4 is 0 Å². The predicted molar refractivity (Wildman–Crippen MR) is 53.5 cm³/mol. The standard InChI is InChI=1S/C10H16O5/c1-9(2)10(12)15-8-7-14-6-5-13-4-3-11/h3H,1,4-8H2,2H3. The zero-order valence-electron chi connectivity index (χ0n) is 8.86. The Morgan fingerprint density at radius 2 is 1.80 bits per heavy atom. The molecule has 5 heteroatoms. The van der Waals surface area contributed by atoms with Crippen LogP contribution in [0.3, 0.4) is 0 Å². The maximum Gasteiger partial charge on any atom is 0.333 e. The Balaban J connectivity index is 3.14. The predicted octanol–water partition coefficient (Wildman–Crippen LogP) is 0.338. The van der Waals surface area contributed by atoms with Crippen molar-refractivity contribution in [1.82, 2.24) is 0 Å². The van der Waals surface area contributed by atoms with Gasteiger partial charge in [0.2, 0.25) is 0 Å². The lowest BCUT2D eigenvalue weighted by Gasteiger charge is -2.05. The molecule has 0 N–H and O–H groups in total. The molecule has 0 amide bonds. The van der Waals surface area contributed by atoms with E-state index in [9.17, 15) is 9.59 Å². The molecule has 0 saturated heterocycles. The van der Waals surface area contributed by atoms with E-state index < -0.39 is 5.97 Å². The molecule has 0 fully saturated rings. The monoisotopic (exact) mass is 216 g/mol. The number of esters is 1. The number of ether oxygens (including phenoxy) is 3. The van der Waals surface area contributed by atoms with Crippen LogP contribution in [-0.4, -0.2) is 45.3 Å². The second kappa shape index (κ2) is 9.36. The van der Waals surface area contributed by atoms with E-state index in [1.165, 1.54) is 0 Å². The fraction of sp³-hybridized carbons (Fsp3) is 0.600. The summed E-state index contributed by atoms with van der Waals surface area (Å²) < 4.78 is 14.7. The summed E-state index contributed by atoms with van der Waals surface area (Å²) >= 11 is 0. The zero-order valence-corrected chi connectivity index (χ0v) is 8.86. The van der Waals surface area contributed by atoms with E-state index in [4.69, 9.17) is 14.2 Å². The molecule has 15 heavy (non-hydrogen) atoms. The molecular formula is C10H16O5. The van der Waals surface area contributed by atoms with Gasteiger partial charge in [-0.1, -0.05) is 6.58 Å². The van der Waals surface area contributed by atoms with Gasteiger partial charge in [0.25, 0.3) is 0 Å². The van der Waals surface area contributed by atoms with Crippen LogP contribution in [0.25, 0.3) is 0 Å². The third-order valence-electron chi connectivity index (χ3n) is 1.37. The van der Waals surface area contributed by atoms with E-state index in [2.05, 4.69) is 6.58 Å². The molecule has 0 heterocycles. The molecule has 0 unspecified atom stereocenters. The summed E-state index contributed by atoms with van der Waals surface area (Å²) in [6.45, 7) is 6.32. The highest BCUT2D eigenvalue weighted by Gasteiger charge is 2.01. The average molecular weight is 216 g/mol. The van der Waals surface area contributed by atoms with Crippen molar-refractivity contribution in [3.8, 4) is 0 Å². The van der Waals surface area contributed by atoms with Gasteiger partial charge in [-0.25, -0.2) is 4.79 Å². The van der Waals surface area contributed by atoms with Crippen LogP contribution >= 0.6 is 0 Å². The smallest absolute Gasteiger partial charge is 0.333 e. The first-order valence-corrected chi connectivity index (χ1v) is 4.60. The maximum absolute atomic E-state index is 10.9. The molecule has 0 spiro atoms. The van der Waals surface area contributed by atoms with Gasteiger partial charge in [0.05, 0.1) is 19.8 Å². The summed E-state index contributed by atoms with van der Waals surface area (Å²) in [5, 5.41) is 0. The molecule has 0 atom stereocenters. The van der Waals surface area contributed by atoms with Crippen molar-refractivity contribution in [2.45, 2.75) is 6.92 Å². The normalized spacial score (nSPS) is 9.67. The second-order valence-corrected chi connectivity index (χ2v) is 2.77. The van der Waals surface area contributed by atoms with Crippen molar-refractivity contribution >= 4 is 12.3 Å². The summed E-state index contributed by atoms with van der Waals surface area (Å²) in [5.41, 5.74) is 0.365. The number of hydrogen-bond acceptors (Lipinski definition) is 5. The molecule has 0 bridgehead atoms. The Bertz CT molecular complexity index is 212. The lowest BCUT2D eigenvalue weighted by Crippen LogP contribution is -2.13. The van der Waals surface area contributed by atoms with Crippen LogP contribution in [0.15, 0.2) is 12.2 Å². The zero-order chi connectivity index (χ0) is 11.5. The van der Waals surface area contributed by atoms with Crippen molar-refractivity contribution in [2.75, 3.05) is 33.0 Å². The number of hydrogen-bond donors (Lipinski definition) is 0. The number of carbonyl (C=O) groups excluding carboxylic acids is 2. The third-order valence-corrected chi connectivity index (χ3v) is 1.37. The Morgan fingerprint density at radius 3 is 2.40 bits per heavy atom. The van der Waals surface area contributed by atoms with E-state index in [0.717, 1.165) is 0 Å². The molecule has 0 rings (SSSR count). The van der Waals surface area contributed by atoms with Gasteiger partial charge in [-0.2, -0.15) is 0 Å². The number of aldehydes is 1. The van der Waals surface area contributed by atoms with Crippen molar-refractivity contribution in [3.05, 3.63) is 12.2 Å². The molecule has 0 aromatic heterocycles. The minimum absolute atomic E-state index is 0.0774. The maximum atomic E-state index is 10.9. The summed E-state index contributed by atoms with van der Waals surface area (Å²) in [4.78, 5) is 20.7. The average Bonchev–Trinajstić information content (AvgIpc) is 2.21. The topological polar surface area (TPSA) is 61.8 Å². The van der Waals surface area contributed by atoms with Gasteiger partial charge in [-0.3, -0.25) is 0 Å². The van der Waals surface area contributed by atoms with E-state index in [1.807, 2.05) is 0 Å². The Labute approximate surface area is 89.0 Å². The first-order chi connectivity index (χ1) is 7.18.